The second kappa shape index (κ2) is 5.62. The molecule has 0 amide bonds. The number of anilines is 1. The average molecular weight is 316 g/mol. The number of para-hydroxylation sites is 1. The summed E-state index contributed by atoms with van der Waals surface area (Å²) in [5.74, 6) is 0. The van der Waals surface area contributed by atoms with Crippen LogP contribution in [0.3, 0.4) is 0 Å². The molecule has 5 heteroatoms. The normalized spacial score (nSPS) is 21.2. The molecule has 1 atom stereocenters. The van der Waals surface area contributed by atoms with E-state index in [0.29, 0.717) is 24.2 Å². The predicted molar refractivity (Wildman–Crippen MR) is 81.9 cm³/mol. The fourth-order valence-corrected chi connectivity index (χ4v) is 3.36. The summed E-state index contributed by atoms with van der Waals surface area (Å²) in [6.07, 6.45) is -3.93. The Morgan fingerprint density at radius 2 is 1.65 bits per heavy atom. The molecule has 2 aromatic rings. The second-order valence-corrected chi connectivity index (χ2v) is 5.64. The van der Waals surface area contributed by atoms with Gasteiger partial charge in [0.1, 0.15) is 0 Å². The quantitative estimate of drug-likeness (QED) is 0.808. The molecule has 0 radical (unpaired) electrons. The highest BCUT2D eigenvalue weighted by Gasteiger charge is 2.61. The van der Waals surface area contributed by atoms with Crippen LogP contribution in [-0.2, 0) is 5.54 Å². The average Bonchev–Trinajstić information content (AvgIpc) is 3.02. The lowest BCUT2D eigenvalue weighted by Crippen LogP contribution is -2.52. The predicted octanol–water partition coefficient (Wildman–Crippen LogP) is 4.62. The minimum Gasteiger partial charge on any atom is -0.354 e. The Morgan fingerprint density at radius 1 is 1.00 bits per heavy atom. The van der Waals surface area contributed by atoms with Crippen LogP contribution in [0.15, 0.2) is 54.6 Å². The van der Waals surface area contributed by atoms with Gasteiger partial charge in [0.2, 0.25) is 0 Å². The van der Waals surface area contributed by atoms with Crippen LogP contribution in [0.4, 0.5) is 18.9 Å². The van der Waals surface area contributed by atoms with E-state index in [1.807, 2.05) is 6.07 Å². The molecule has 0 aliphatic carbocycles. The van der Waals surface area contributed by atoms with Crippen LogP contribution >= 0.6 is 0 Å². The zero-order valence-corrected chi connectivity index (χ0v) is 12.3. The molecule has 1 unspecified atom stereocenters. The number of benzene rings is 2. The first kappa shape index (κ1) is 15.4. The first-order valence-corrected chi connectivity index (χ1v) is 7.39. The summed E-state index contributed by atoms with van der Waals surface area (Å²) in [5.41, 5.74) is -0.935. The maximum Gasteiger partial charge on any atom is 0.415 e. The molecule has 0 spiro atoms. The van der Waals surface area contributed by atoms with Gasteiger partial charge >= 0.3 is 6.18 Å². The van der Waals surface area contributed by atoms with Crippen LogP contribution in [0.1, 0.15) is 24.0 Å². The van der Waals surface area contributed by atoms with Crippen LogP contribution in [0, 0.1) is 11.3 Å². The fraction of sp³-hybridized carbons (Fsp3) is 0.278. The van der Waals surface area contributed by atoms with E-state index in [1.165, 1.54) is 29.2 Å². The number of rotatable bonds is 2. The summed E-state index contributed by atoms with van der Waals surface area (Å²) in [4.78, 5) is 1.44. The van der Waals surface area contributed by atoms with Gasteiger partial charge in [-0.2, -0.15) is 18.4 Å². The monoisotopic (exact) mass is 316 g/mol. The van der Waals surface area contributed by atoms with Gasteiger partial charge in [0.15, 0.2) is 5.54 Å². The summed E-state index contributed by atoms with van der Waals surface area (Å²) in [6.45, 7) is 0.351. The number of alkyl halides is 3. The molecule has 118 valence electrons. The van der Waals surface area contributed by atoms with Crippen molar-refractivity contribution in [3.05, 3.63) is 65.7 Å². The van der Waals surface area contributed by atoms with Crippen molar-refractivity contribution in [3.8, 4) is 6.07 Å². The van der Waals surface area contributed by atoms with Gasteiger partial charge < -0.3 is 4.90 Å². The maximum absolute atomic E-state index is 14.1. The van der Waals surface area contributed by atoms with Crippen molar-refractivity contribution in [1.29, 1.82) is 5.26 Å². The van der Waals surface area contributed by atoms with E-state index >= 15 is 0 Å². The number of nitrogens with zero attached hydrogens (tertiary/aromatic N) is 2. The maximum atomic E-state index is 14.1. The molecular weight excluding hydrogens is 301 g/mol. The molecule has 0 N–H and O–H groups in total. The zero-order chi connectivity index (χ0) is 16.5. The standard InChI is InChI=1S/C18H15F3N2/c19-18(20,21)17(15-9-7-14(13-22)8-10-15)11-4-12-23(17)16-5-2-1-3-6-16/h1-3,5-10H,4,11-12H2. The molecule has 3 rings (SSSR count). The molecule has 1 aliphatic rings. The first-order valence-electron chi connectivity index (χ1n) is 7.39. The van der Waals surface area contributed by atoms with Crippen molar-refractivity contribution in [2.75, 3.05) is 11.4 Å². The van der Waals surface area contributed by atoms with Crippen LogP contribution < -0.4 is 4.90 Å². The van der Waals surface area contributed by atoms with E-state index < -0.39 is 11.7 Å². The summed E-state index contributed by atoms with van der Waals surface area (Å²) >= 11 is 0. The Hall–Kier alpha value is -2.48. The summed E-state index contributed by atoms with van der Waals surface area (Å²) in [6, 6.07) is 16.4. The minimum atomic E-state index is -4.41. The zero-order valence-electron chi connectivity index (χ0n) is 12.3. The minimum absolute atomic E-state index is 0.0112. The van der Waals surface area contributed by atoms with Gasteiger partial charge in [-0.1, -0.05) is 30.3 Å². The van der Waals surface area contributed by atoms with Crippen LogP contribution in [-0.4, -0.2) is 12.7 Å². The lowest BCUT2D eigenvalue weighted by molar-refractivity contribution is -0.187. The molecule has 0 aromatic heterocycles. The number of hydrogen-bond donors (Lipinski definition) is 0. The Morgan fingerprint density at radius 3 is 2.22 bits per heavy atom. The molecule has 1 saturated heterocycles. The third-order valence-electron chi connectivity index (χ3n) is 4.41. The highest BCUT2D eigenvalue weighted by Crippen LogP contribution is 2.52. The topological polar surface area (TPSA) is 27.0 Å². The number of halogens is 3. The van der Waals surface area contributed by atoms with Crippen molar-refractivity contribution >= 4 is 5.69 Å². The van der Waals surface area contributed by atoms with Crippen molar-refractivity contribution in [3.63, 3.8) is 0 Å². The fourth-order valence-electron chi connectivity index (χ4n) is 3.36. The van der Waals surface area contributed by atoms with Gasteiger partial charge in [-0.15, -0.1) is 0 Å². The summed E-state index contributed by atoms with van der Waals surface area (Å²) in [5, 5.41) is 8.87. The highest BCUT2D eigenvalue weighted by molar-refractivity contribution is 5.54. The van der Waals surface area contributed by atoms with E-state index in [4.69, 9.17) is 5.26 Å². The number of hydrogen-bond acceptors (Lipinski definition) is 2. The van der Waals surface area contributed by atoms with E-state index in [1.54, 1.807) is 30.3 Å². The lowest BCUT2D eigenvalue weighted by atomic mass is 9.85. The van der Waals surface area contributed by atoms with E-state index in [-0.39, 0.29) is 12.0 Å². The smallest absolute Gasteiger partial charge is 0.354 e. The molecule has 1 heterocycles. The van der Waals surface area contributed by atoms with E-state index in [0.717, 1.165) is 0 Å². The molecule has 1 fully saturated rings. The molecule has 2 nitrogen and oxygen atoms in total. The lowest BCUT2D eigenvalue weighted by Gasteiger charge is -2.42. The van der Waals surface area contributed by atoms with Gasteiger partial charge in [0.05, 0.1) is 11.6 Å². The van der Waals surface area contributed by atoms with Gasteiger partial charge in [-0.05, 0) is 42.7 Å². The van der Waals surface area contributed by atoms with Gasteiger partial charge in [0.25, 0.3) is 0 Å². The largest absolute Gasteiger partial charge is 0.415 e. The van der Waals surface area contributed by atoms with Gasteiger partial charge in [-0.3, -0.25) is 0 Å². The van der Waals surface area contributed by atoms with Gasteiger partial charge in [-0.25, -0.2) is 0 Å². The number of nitriles is 1. The Balaban J connectivity index is 2.15. The molecular formula is C18H15F3N2. The summed E-state index contributed by atoms with van der Waals surface area (Å²) < 4.78 is 42.3. The molecule has 0 saturated carbocycles. The Kier molecular flexibility index (Phi) is 3.77. The second-order valence-electron chi connectivity index (χ2n) is 5.64. The van der Waals surface area contributed by atoms with Gasteiger partial charge in [0, 0.05) is 12.2 Å². The van der Waals surface area contributed by atoms with Crippen molar-refractivity contribution in [2.45, 2.75) is 24.6 Å². The molecule has 1 aliphatic heterocycles. The Labute approximate surface area is 132 Å². The highest BCUT2D eigenvalue weighted by atomic mass is 19.4. The van der Waals surface area contributed by atoms with Crippen LogP contribution in [0.5, 0.6) is 0 Å². The molecule has 23 heavy (non-hydrogen) atoms. The third-order valence-corrected chi connectivity index (χ3v) is 4.41. The van der Waals surface area contributed by atoms with Crippen LogP contribution in [0.25, 0.3) is 0 Å². The van der Waals surface area contributed by atoms with Crippen LogP contribution in [0.2, 0.25) is 0 Å². The molecule has 2 aromatic carbocycles. The van der Waals surface area contributed by atoms with E-state index in [9.17, 15) is 13.2 Å². The van der Waals surface area contributed by atoms with Crippen molar-refractivity contribution in [1.82, 2.24) is 0 Å². The van der Waals surface area contributed by atoms with E-state index in [2.05, 4.69) is 0 Å². The third kappa shape index (κ3) is 2.44. The SMILES string of the molecule is N#Cc1ccc(C2(C(F)(F)F)CCCN2c2ccccc2)cc1. The van der Waals surface area contributed by atoms with Crippen molar-refractivity contribution in [2.24, 2.45) is 0 Å². The Bertz CT molecular complexity index is 717. The molecule has 0 bridgehead atoms. The van der Waals surface area contributed by atoms with Crippen molar-refractivity contribution < 1.29 is 13.2 Å². The summed E-state index contributed by atoms with van der Waals surface area (Å²) in [7, 11) is 0. The first-order chi connectivity index (χ1) is 11.0.